The van der Waals surface area contributed by atoms with Gasteiger partial charge in [0.2, 0.25) is 0 Å². The fraction of sp³-hybridized carbons (Fsp3) is 0.208. The van der Waals surface area contributed by atoms with Crippen LogP contribution in [0.3, 0.4) is 0 Å². The second-order valence-corrected chi connectivity index (χ2v) is 8.97. The van der Waals surface area contributed by atoms with Crippen molar-refractivity contribution in [3.63, 3.8) is 0 Å². The number of carbonyl (C=O) groups excluding carboxylic acids is 1. The van der Waals surface area contributed by atoms with Gasteiger partial charge in [-0.05, 0) is 79.6 Å². The molecule has 0 saturated carbocycles. The fourth-order valence-corrected chi connectivity index (χ4v) is 4.11. The molecular weight excluding hydrogens is 447 g/mol. The van der Waals surface area contributed by atoms with Gasteiger partial charge >= 0.3 is 0 Å². The summed E-state index contributed by atoms with van der Waals surface area (Å²) in [5.74, 6) is -0.0254. The molecular formula is C24H25FN2O5S. The summed E-state index contributed by atoms with van der Waals surface area (Å²) in [7, 11) is -2.41. The Labute approximate surface area is 192 Å². The van der Waals surface area contributed by atoms with Crippen LogP contribution in [0.2, 0.25) is 0 Å². The zero-order valence-electron chi connectivity index (χ0n) is 18.5. The predicted octanol–water partition coefficient (Wildman–Crippen LogP) is 4.74. The lowest BCUT2D eigenvalue weighted by atomic mass is 10.2. The first kappa shape index (κ1) is 24.1. The van der Waals surface area contributed by atoms with Crippen LogP contribution in [-0.4, -0.2) is 27.5 Å². The summed E-state index contributed by atoms with van der Waals surface area (Å²) in [5.41, 5.74) is 1.62. The monoisotopic (exact) mass is 472 g/mol. The third-order valence-electron chi connectivity index (χ3n) is 4.79. The summed E-state index contributed by atoms with van der Waals surface area (Å²) in [6.07, 6.45) is -0.410. The number of aryl methyl sites for hydroxylation is 1. The van der Waals surface area contributed by atoms with Crippen molar-refractivity contribution in [1.82, 2.24) is 0 Å². The average molecular weight is 473 g/mol. The Morgan fingerprint density at radius 3 is 2.30 bits per heavy atom. The Morgan fingerprint density at radius 1 is 1.03 bits per heavy atom. The highest BCUT2D eigenvalue weighted by Gasteiger charge is 2.20. The van der Waals surface area contributed by atoms with Crippen LogP contribution in [0.5, 0.6) is 11.5 Å². The van der Waals surface area contributed by atoms with Crippen molar-refractivity contribution in [2.24, 2.45) is 0 Å². The van der Waals surface area contributed by atoms with Gasteiger partial charge in [-0.2, -0.15) is 0 Å². The van der Waals surface area contributed by atoms with Crippen LogP contribution >= 0.6 is 0 Å². The molecule has 3 aromatic carbocycles. The number of hydrogen-bond donors (Lipinski definition) is 2. The van der Waals surface area contributed by atoms with Gasteiger partial charge in [0.05, 0.1) is 17.7 Å². The highest BCUT2D eigenvalue weighted by molar-refractivity contribution is 7.92. The van der Waals surface area contributed by atoms with Gasteiger partial charge in [-0.1, -0.05) is 13.0 Å². The molecule has 174 valence electrons. The van der Waals surface area contributed by atoms with Crippen molar-refractivity contribution in [1.29, 1.82) is 0 Å². The molecule has 0 aliphatic rings. The third kappa shape index (κ3) is 6.23. The van der Waals surface area contributed by atoms with Gasteiger partial charge in [0, 0.05) is 5.69 Å². The molecule has 1 unspecified atom stereocenters. The molecule has 0 aliphatic heterocycles. The van der Waals surface area contributed by atoms with Crippen molar-refractivity contribution >= 4 is 27.3 Å². The van der Waals surface area contributed by atoms with Crippen molar-refractivity contribution in [3.8, 4) is 11.5 Å². The second kappa shape index (κ2) is 10.4. The van der Waals surface area contributed by atoms with Gasteiger partial charge in [0.25, 0.3) is 15.9 Å². The van der Waals surface area contributed by atoms with Crippen LogP contribution in [0.25, 0.3) is 0 Å². The first-order valence-electron chi connectivity index (χ1n) is 10.2. The number of carbonyl (C=O) groups is 1. The zero-order valence-corrected chi connectivity index (χ0v) is 19.3. The lowest BCUT2D eigenvalue weighted by Crippen LogP contribution is -2.32. The van der Waals surface area contributed by atoms with E-state index in [1.807, 2.05) is 13.0 Å². The van der Waals surface area contributed by atoms with E-state index in [2.05, 4.69) is 10.0 Å². The van der Waals surface area contributed by atoms with Crippen molar-refractivity contribution in [2.45, 2.75) is 31.3 Å². The number of anilines is 2. The molecule has 7 nitrogen and oxygen atoms in total. The quantitative estimate of drug-likeness (QED) is 0.469. The predicted molar refractivity (Wildman–Crippen MR) is 125 cm³/mol. The maximum Gasteiger partial charge on any atom is 0.265 e. The molecule has 3 rings (SSSR count). The first-order valence-corrected chi connectivity index (χ1v) is 11.7. The average Bonchev–Trinajstić information content (AvgIpc) is 2.79. The van der Waals surface area contributed by atoms with E-state index in [0.29, 0.717) is 29.3 Å². The van der Waals surface area contributed by atoms with Crippen LogP contribution in [0.1, 0.15) is 18.9 Å². The number of ether oxygens (including phenoxy) is 2. The maximum absolute atomic E-state index is 13.1. The molecule has 0 heterocycles. The zero-order chi connectivity index (χ0) is 24.0. The Bertz CT molecular complexity index is 1210. The molecule has 0 saturated heterocycles. The number of sulfonamides is 1. The van der Waals surface area contributed by atoms with E-state index in [1.165, 1.54) is 55.6 Å². The lowest BCUT2D eigenvalue weighted by molar-refractivity contribution is -0.122. The highest BCUT2D eigenvalue weighted by atomic mass is 32.2. The smallest absolute Gasteiger partial charge is 0.265 e. The number of halogens is 1. The van der Waals surface area contributed by atoms with Gasteiger partial charge < -0.3 is 14.8 Å². The summed E-state index contributed by atoms with van der Waals surface area (Å²) in [5, 5.41) is 2.71. The summed E-state index contributed by atoms with van der Waals surface area (Å²) in [6, 6.07) is 16.3. The maximum atomic E-state index is 13.1. The standard InChI is InChI=1S/C24H25FN2O5S/c1-4-22(32-19-10-6-17(25)7-11-19)24(28)26-18-8-12-20(13-9-18)33(29,30)27-21-15-16(2)5-14-23(21)31-3/h5-15,22,27H,4H2,1-3H3,(H,26,28). The summed E-state index contributed by atoms with van der Waals surface area (Å²) in [6.45, 7) is 3.63. The molecule has 2 N–H and O–H groups in total. The molecule has 9 heteroatoms. The Morgan fingerprint density at radius 2 is 1.70 bits per heavy atom. The van der Waals surface area contributed by atoms with E-state index in [1.54, 1.807) is 19.1 Å². The topological polar surface area (TPSA) is 93.7 Å². The van der Waals surface area contributed by atoms with Gasteiger partial charge in [0.15, 0.2) is 6.10 Å². The normalized spacial score (nSPS) is 12.0. The molecule has 33 heavy (non-hydrogen) atoms. The molecule has 0 aliphatic carbocycles. The molecule has 1 amide bonds. The SMILES string of the molecule is CCC(Oc1ccc(F)cc1)C(=O)Nc1ccc(S(=O)(=O)Nc2cc(C)ccc2OC)cc1. The molecule has 3 aromatic rings. The number of hydrogen-bond acceptors (Lipinski definition) is 5. The lowest BCUT2D eigenvalue weighted by Gasteiger charge is -2.17. The minimum atomic E-state index is -3.87. The second-order valence-electron chi connectivity index (χ2n) is 7.29. The summed E-state index contributed by atoms with van der Waals surface area (Å²) >= 11 is 0. The third-order valence-corrected chi connectivity index (χ3v) is 6.17. The van der Waals surface area contributed by atoms with Gasteiger partial charge in [0.1, 0.15) is 17.3 Å². The Kier molecular flexibility index (Phi) is 7.55. The van der Waals surface area contributed by atoms with Gasteiger partial charge in [-0.3, -0.25) is 9.52 Å². The molecule has 0 aromatic heterocycles. The van der Waals surface area contributed by atoms with Crippen LogP contribution in [0.4, 0.5) is 15.8 Å². The molecule has 0 fully saturated rings. The Balaban J connectivity index is 1.69. The van der Waals surface area contributed by atoms with E-state index in [4.69, 9.17) is 9.47 Å². The van der Waals surface area contributed by atoms with E-state index < -0.39 is 27.9 Å². The van der Waals surface area contributed by atoms with Gasteiger partial charge in [-0.25, -0.2) is 12.8 Å². The van der Waals surface area contributed by atoms with Crippen LogP contribution < -0.4 is 19.5 Å². The molecule has 0 radical (unpaired) electrons. The van der Waals surface area contributed by atoms with Crippen LogP contribution in [0.15, 0.2) is 71.6 Å². The molecule has 1 atom stereocenters. The Hall–Kier alpha value is -3.59. The van der Waals surface area contributed by atoms with E-state index in [0.717, 1.165) is 5.56 Å². The number of amides is 1. The van der Waals surface area contributed by atoms with Crippen LogP contribution in [-0.2, 0) is 14.8 Å². The number of nitrogens with one attached hydrogen (secondary N) is 2. The number of rotatable bonds is 9. The van der Waals surface area contributed by atoms with E-state index in [9.17, 15) is 17.6 Å². The molecule has 0 spiro atoms. The summed E-state index contributed by atoms with van der Waals surface area (Å²) in [4.78, 5) is 12.6. The van der Waals surface area contributed by atoms with Crippen molar-refractivity contribution in [2.75, 3.05) is 17.1 Å². The van der Waals surface area contributed by atoms with Gasteiger partial charge in [-0.15, -0.1) is 0 Å². The minimum absolute atomic E-state index is 0.0265. The minimum Gasteiger partial charge on any atom is -0.495 e. The largest absolute Gasteiger partial charge is 0.495 e. The van der Waals surface area contributed by atoms with Crippen molar-refractivity contribution in [3.05, 3.63) is 78.1 Å². The van der Waals surface area contributed by atoms with E-state index in [-0.39, 0.29) is 4.90 Å². The fourth-order valence-electron chi connectivity index (χ4n) is 3.05. The summed E-state index contributed by atoms with van der Waals surface area (Å²) < 4.78 is 52.0. The van der Waals surface area contributed by atoms with Crippen molar-refractivity contribution < 1.29 is 27.1 Å². The van der Waals surface area contributed by atoms with Crippen LogP contribution in [0, 0.1) is 12.7 Å². The van der Waals surface area contributed by atoms with E-state index >= 15 is 0 Å². The molecule has 0 bridgehead atoms. The number of benzene rings is 3. The first-order chi connectivity index (χ1) is 15.7. The highest BCUT2D eigenvalue weighted by Crippen LogP contribution is 2.28. The number of methoxy groups -OCH3 is 1.